The van der Waals surface area contributed by atoms with Gasteiger partial charge in [-0.2, -0.15) is 5.10 Å². The van der Waals surface area contributed by atoms with Crippen molar-refractivity contribution in [3.05, 3.63) is 95.8 Å². The number of benzene rings is 2. The van der Waals surface area contributed by atoms with Gasteiger partial charge in [0.25, 0.3) is 0 Å². The van der Waals surface area contributed by atoms with Crippen LogP contribution in [0.3, 0.4) is 0 Å². The molecule has 8 nitrogen and oxygen atoms in total. The monoisotopic (exact) mass is 467 g/mol. The van der Waals surface area contributed by atoms with Crippen molar-refractivity contribution >= 4 is 0 Å². The van der Waals surface area contributed by atoms with Crippen molar-refractivity contribution < 1.29 is 13.9 Å². The molecule has 2 heterocycles. The maximum absolute atomic E-state index is 14.8. The topological polar surface area (TPSA) is 84.9 Å². The van der Waals surface area contributed by atoms with E-state index in [0.717, 1.165) is 17.7 Å². The lowest BCUT2D eigenvalue weighted by Crippen LogP contribution is -2.46. The fourth-order valence-electron chi connectivity index (χ4n) is 3.89. The Kier molecular flexibility index (Phi) is 7.09. The number of rotatable bonds is 10. The molecule has 0 amide bonds. The molecule has 0 aliphatic carbocycles. The lowest BCUT2D eigenvalue weighted by molar-refractivity contribution is -0.0315. The predicted molar refractivity (Wildman–Crippen MR) is 121 cm³/mol. The molecule has 2 aromatic heterocycles. The van der Waals surface area contributed by atoms with Crippen LogP contribution in [0.25, 0.3) is 0 Å². The minimum atomic E-state index is -1.70. The third-order valence-electron chi connectivity index (χ3n) is 5.66. The number of aliphatic hydroxyl groups is 1. The highest BCUT2D eigenvalue weighted by Crippen LogP contribution is 2.29. The molecule has 0 saturated carbocycles. The van der Waals surface area contributed by atoms with Crippen molar-refractivity contribution in [2.75, 3.05) is 6.54 Å². The highest BCUT2D eigenvalue weighted by Gasteiger charge is 2.36. The predicted octanol–water partition coefficient (Wildman–Crippen LogP) is 2.99. The van der Waals surface area contributed by atoms with Crippen molar-refractivity contribution in [2.45, 2.75) is 45.1 Å². The van der Waals surface area contributed by atoms with Crippen molar-refractivity contribution in [2.24, 2.45) is 0 Å². The summed E-state index contributed by atoms with van der Waals surface area (Å²) >= 11 is 0. The smallest absolute Gasteiger partial charge is 0.137 e. The first kappa shape index (κ1) is 23.7. The van der Waals surface area contributed by atoms with Gasteiger partial charge in [-0.3, -0.25) is 4.90 Å². The first-order valence-electron chi connectivity index (χ1n) is 11.0. The first-order chi connectivity index (χ1) is 16.3. The Balaban J connectivity index is 1.57. The SMILES string of the molecule is CC(C)N(Cc1cn(Cc2ccccc2)nn1)CC(O)(Cn1cncn1)c1ccc(F)cc1F. The van der Waals surface area contributed by atoms with Crippen molar-refractivity contribution in [3.8, 4) is 0 Å². The zero-order chi connectivity index (χ0) is 24.1. The third-order valence-corrected chi connectivity index (χ3v) is 5.66. The fraction of sp³-hybridized carbons (Fsp3) is 0.333. The third kappa shape index (κ3) is 5.70. The molecular formula is C24H27F2N7O. The van der Waals surface area contributed by atoms with Crippen LogP contribution in [-0.4, -0.2) is 52.4 Å². The van der Waals surface area contributed by atoms with Gasteiger partial charge in [0.1, 0.15) is 29.9 Å². The highest BCUT2D eigenvalue weighted by molar-refractivity contribution is 5.26. The molecule has 0 aliphatic heterocycles. The Morgan fingerprint density at radius 2 is 1.88 bits per heavy atom. The molecule has 0 radical (unpaired) electrons. The number of hydrogen-bond acceptors (Lipinski definition) is 6. The normalized spacial score (nSPS) is 13.5. The van der Waals surface area contributed by atoms with Crippen molar-refractivity contribution in [1.82, 2.24) is 34.7 Å². The molecule has 2 aromatic carbocycles. The van der Waals surface area contributed by atoms with Crippen LogP contribution in [0, 0.1) is 11.6 Å². The Morgan fingerprint density at radius 3 is 2.56 bits per heavy atom. The summed E-state index contributed by atoms with van der Waals surface area (Å²) in [7, 11) is 0. The van der Waals surface area contributed by atoms with Gasteiger partial charge < -0.3 is 5.11 Å². The van der Waals surface area contributed by atoms with Crippen LogP contribution < -0.4 is 0 Å². The average molecular weight is 468 g/mol. The first-order valence-corrected chi connectivity index (χ1v) is 11.0. The van der Waals surface area contributed by atoms with E-state index in [1.165, 1.54) is 23.4 Å². The number of hydrogen-bond donors (Lipinski definition) is 1. The van der Waals surface area contributed by atoms with E-state index in [9.17, 15) is 13.9 Å². The molecule has 4 aromatic rings. The van der Waals surface area contributed by atoms with E-state index in [0.29, 0.717) is 18.8 Å². The van der Waals surface area contributed by atoms with E-state index < -0.39 is 17.2 Å². The van der Waals surface area contributed by atoms with Crippen LogP contribution in [0.4, 0.5) is 8.78 Å². The molecule has 0 spiro atoms. The minimum absolute atomic E-state index is 0.00921. The lowest BCUT2D eigenvalue weighted by Gasteiger charge is -2.36. The van der Waals surface area contributed by atoms with Gasteiger partial charge in [0.2, 0.25) is 0 Å². The summed E-state index contributed by atoms with van der Waals surface area (Å²) in [5.41, 5.74) is 0.110. The molecule has 0 aliphatic rings. The Labute approximate surface area is 196 Å². The molecule has 1 N–H and O–H groups in total. The second-order valence-corrected chi connectivity index (χ2v) is 8.64. The number of halogens is 2. The molecule has 1 atom stereocenters. The van der Waals surface area contributed by atoms with Crippen molar-refractivity contribution in [3.63, 3.8) is 0 Å². The summed E-state index contributed by atoms with van der Waals surface area (Å²) in [6.45, 7) is 4.93. The van der Waals surface area contributed by atoms with E-state index in [1.807, 2.05) is 55.3 Å². The molecular weight excluding hydrogens is 440 g/mol. The van der Waals surface area contributed by atoms with Gasteiger partial charge in [0, 0.05) is 30.8 Å². The molecule has 178 valence electrons. The summed E-state index contributed by atoms with van der Waals surface area (Å²) in [6, 6.07) is 13.1. The molecule has 0 saturated heterocycles. The van der Waals surface area contributed by atoms with Crippen LogP contribution in [0.1, 0.15) is 30.7 Å². The molecule has 0 fully saturated rings. The maximum atomic E-state index is 14.8. The van der Waals surface area contributed by atoms with E-state index in [2.05, 4.69) is 20.4 Å². The van der Waals surface area contributed by atoms with Gasteiger partial charge in [-0.15, -0.1) is 5.10 Å². The van der Waals surface area contributed by atoms with Gasteiger partial charge >= 0.3 is 0 Å². The maximum Gasteiger partial charge on any atom is 0.137 e. The summed E-state index contributed by atoms with van der Waals surface area (Å²) in [4.78, 5) is 5.88. The summed E-state index contributed by atoms with van der Waals surface area (Å²) in [5, 5.41) is 24.2. The second-order valence-electron chi connectivity index (χ2n) is 8.64. The summed E-state index contributed by atoms with van der Waals surface area (Å²) in [5.74, 6) is -1.53. The quantitative estimate of drug-likeness (QED) is 0.386. The molecule has 34 heavy (non-hydrogen) atoms. The Hall–Kier alpha value is -3.50. The molecule has 4 rings (SSSR count). The van der Waals surface area contributed by atoms with E-state index in [1.54, 1.807) is 4.68 Å². The summed E-state index contributed by atoms with van der Waals surface area (Å²) in [6.07, 6.45) is 4.64. The van der Waals surface area contributed by atoms with Gasteiger partial charge in [0.05, 0.1) is 25.0 Å². The second kappa shape index (κ2) is 10.2. The number of nitrogens with zero attached hydrogens (tertiary/aromatic N) is 7. The van der Waals surface area contributed by atoms with E-state index in [4.69, 9.17) is 0 Å². The van der Waals surface area contributed by atoms with Gasteiger partial charge in [0.15, 0.2) is 0 Å². The van der Waals surface area contributed by atoms with Gasteiger partial charge in [-0.05, 0) is 25.5 Å². The Bertz CT molecular complexity index is 1200. The standard InChI is InChI=1S/C24H27F2N7O/c1-18(2)31(12-21-13-32(30-29-21)11-19-6-4-3-5-7-19)14-24(34,15-33-17-27-16-28-33)22-9-8-20(25)10-23(22)26/h3-10,13,16-18,34H,11-12,14-15H2,1-2H3. The van der Waals surface area contributed by atoms with Crippen LogP contribution in [0.5, 0.6) is 0 Å². The zero-order valence-corrected chi connectivity index (χ0v) is 19.1. The van der Waals surface area contributed by atoms with E-state index >= 15 is 0 Å². The van der Waals surface area contributed by atoms with Crippen molar-refractivity contribution in [1.29, 1.82) is 0 Å². The van der Waals surface area contributed by atoms with Gasteiger partial charge in [-0.25, -0.2) is 23.1 Å². The molecule has 10 heteroatoms. The minimum Gasteiger partial charge on any atom is -0.382 e. The van der Waals surface area contributed by atoms with Crippen LogP contribution >= 0.6 is 0 Å². The largest absolute Gasteiger partial charge is 0.382 e. The highest BCUT2D eigenvalue weighted by atomic mass is 19.1. The fourth-order valence-corrected chi connectivity index (χ4v) is 3.89. The molecule has 0 bridgehead atoms. The summed E-state index contributed by atoms with van der Waals surface area (Å²) < 4.78 is 31.5. The zero-order valence-electron chi connectivity index (χ0n) is 19.1. The lowest BCUT2D eigenvalue weighted by atomic mass is 9.91. The van der Waals surface area contributed by atoms with Crippen LogP contribution in [-0.2, 0) is 25.2 Å². The average Bonchev–Trinajstić information content (AvgIpc) is 3.46. The van der Waals surface area contributed by atoms with Gasteiger partial charge in [-0.1, -0.05) is 41.6 Å². The molecule has 1 unspecified atom stereocenters. The van der Waals surface area contributed by atoms with Crippen LogP contribution in [0.15, 0.2) is 67.4 Å². The van der Waals surface area contributed by atoms with Crippen LogP contribution in [0.2, 0.25) is 0 Å². The number of aromatic nitrogens is 6. The Morgan fingerprint density at radius 1 is 1.09 bits per heavy atom. The van der Waals surface area contributed by atoms with E-state index in [-0.39, 0.29) is 24.7 Å².